The number of oxazole rings is 1. The SMILES string of the molecule is Cc1oc(-c2ccc(-c3ccccc3)cc2)nc1CN1CCCC[C@H]1CCCO. The first kappa shape index (κ1) is 19.9. The molecule has 1 aromatic heterocycles. The van der Waals surface area contributed by atoms with Crippen molar-refractivity contribution in [2.24, 2.45) is 0 Å². The summed E-state index contributed by atoms with van der Waals surface area (Å²) in [4.78, 5) is 7.35. The molecule has 0 bridgehead atoms. The van der Waals surface area contributed by atoms with Crippen LogP contribution in [0.25, 0.3) is 22.6 Å². The first-order chi connectivity index (χ1) is 14.2. The van der Waals surface area contributed by atoms with Crippen LogP contribution in [0.1, 0.15) is 43.6 Å². The number of hydrogen-bond acceptors (Lipinski definition) is 4. The van der Waals surface area contributed by atoms with Crippen LogP contribution in [0.5, 0.6) is 0 Å². The first-order valence-electron chi connectivity index (χ1n) is 10.7. The molecule has 4 nitrogen and oxygen atoms in total. The van der Waals surface area contributed by atoms with E-state index >= 15 is 0 Å². The van der Waals surface area contributed by atoms with Crippen molar-refractivity contribution in [1.29, 1.82) is 0 Å². The molecule has 1 saturated heterocycles. The van der Waals surface area contributed by atoms with Crippen molar-refractivity contribution in [3.63, 3.8) is 0 Å². The lowest BCUT2D eigenvalue weighted by Gasteiger charge is -2.35. The van der Waals surface area contributed by atoms with Crippen molar-refractivity contribution in [2.75, 3.05) is 13.2 Å². The van der Waals surface area contributed by atoms with E-state index in [0.717, 1.165) is 42.9 Å². The van der Waals surface area contributed by atoms with Gasteiger partial charge in [0.15, 0.2) is 0 Å². The molecule has 1 N–H and O–H groups in total. The third-order valence-electron chi connectivity index (χ3n) is 5.93. The number of benzene rings is 2. The summed E-state index contributed by atoms with van der Waals surface area (Å²) in [6, 6.07) is 19.3. The van der Waals surface area contributed by atoms with Crippen LogP contribution in [0.2, 0.25) is 0 Å². The van der Waals surface area contributed by atoms with Gasteiger partial charge in [0.05, 0.1) is 5.69 Å². The van der Waals surface area contributed by atoms with Gasteiger partial charge in [0.1, 0.15) is 5.76 Å². The number of aromatic nitrogens is 1. The summed E-state index contributed by atoms with van der Waals surface area (Å²) in [5.74, 6) is 1.60. The van der Waals surface area contributed by atoms with Crippen LogP contribution >= 0.6 is 0 Å². The highest BCUT2D eigenvalue weighted by atomic mass is 16.4. The minimum Gasteiger partial charge on any atom is -0.441 e. The minimum absolute atomic E-state index is 0.274. The summed E-state index contributed by atoms with van der Waals surface area (Å²) in [6.07, 6.45) is 5.66. The molecule has 0 radical (unpaired) electrons. The van der Waals surface area contributed by atoms with E-state index in [0.29, 0.717) is 11.9 Å². The monoisotopic (exact) mass is 390 g/mol. The Balaban J connectivity index is 1.49. The Bertz CT molecular complexity index is 902. The lowest BCUT2D eigenvalue weighted by molar-refractivity contribution is 0.122. The van der Waals surface area contributed by atoms with Crippen LogP contribution in [0.15, 0.2) is 59.0 Å². The van der Waals surface area contributed by atoms with Crippen LogP contribution in [0.4, 0.5) is 0 Å². The number of hydrogen-bond donors (Lipinski definition) is 1. The van der Waals surface area contributed by atoms with Crippen molar-refractivity contribution in [1.82, 2.24) is 9.88 Å². The first-order valence-corrected chi connectivity index (χ1v) is 10.7. The lowest BCUT2D eigenvalue weighted by atomic mass is 9.98. The van der Waals surface area contributed by atoms with Gasteiger partial charge in [-0.2, -0.15) is 0 Å². The van der Waals surface area contributed by atoms with Crippen molar-refractivity contribution in [2.45, 2.75) is 51.6 Å². The molecule has 0 saturated carbocycles. The van der Waals surface area contributed by atoms with E-state index in [1.807, 2.05) is 13.0 Å². The van der Waals surface area contributed by atoms with E-state index in [1.54, 1.807) is 0 Å². The van der Waals surface area contributed by atoms with Crippen LogP contribution in [-0.4, -0.2) is 34.2 Å². The van der Waals surface area contributed by atoms with Gasteiger partial charge < -0.3 is 9.52 Å². The van der Waals surface area contributed by atoms with E-state index in [4.69, 9.17) is 9.40 Å². The zero-order valence-corrected chi connectivity index (χ0v) is 17.2. The molecule has 3 aromatic rings. The van der Waals surface area contributed by atoms with Crippen LogP contribution in [-0.2, 0) is 6.54 Å². The van der Waals surface area contributed by atoms with Gasteiger partial charge in [0, 0.05) is 24.8 Å². The number of piperidine rings is 1. The Morgan fingerprint density at radius 3 is 2.48 bits per heavy atom. The third-order valence-corrected chi connectivity index (χ3v) is 5.93. The van der Waals surface area contributed by atoms with E-state index in [-0.39, 0.29) is 6.61 Å². The summed E-state index contributed by atoms with van der Waals surface area (Å²) in [5, 5.41) is 9.19. The molecule has 0 unspecified atom stereocenters. The second-order valence-electron chi connectivity index (χ2n) is 7.95. The van der Waals surface area contributed by atoms with E-state index in [9.17, 15) is 5.11 Å². The molecule has 0 spiro atoms. The maximum Gasteiger partial charge on any atom is 0.226 e. The van der Waals surface area contributed by atoms with E-state index < -0.39 is 0 Å². The number of likely N-dealkylation sites (tertiary alicyclic amines) is 1. The molecule has 1 fully saturated rings. The second kappa shape index (κ2) is 9.38. The zero-order chi connectivity index (χ0) is 20.1. The van der Waals surface area contributed by atoms with Crippen LogP contribution in [0.3, 0.4) is 0 Å². The lowest BCUT2D eigenvalue weighted by Crippen LogP contribution is -2.39. The predicted molar refractivity (Wildman–Crippen MR) is 116 cm³/mol. The fraction of sp³-hybridized carbons (Fsp3) is 0.400. The molecular formula is C25H30N2O2. The van der Waals surface area contributed by atoms with E-state index in [1.165, 1.54) is 30.4 Å². The van der Waals surface area contributed by atoms with Gasteiger partial charge in [0.25, 0.3) is 0 Å². The summed E-state index contributed by atoms with van der Waals surface area (Å²) in [6.45, 7) is 4.21. The maximum atomic E-state index is 9.19. The molecule has 4 heteroatoms. The largest absolute Gasteiger partial charge is 0.441 e. The average molecular weight is 391 g/mol. The molecule has 152 valence electrons. The Hall–Kier alpha value is -2.43. The number of rotatable bonds is 7. The number of aliphatic hydroxyl groups excluding tert-OH is 1. The van der Waals surface area contributed by atoms with Crippen molar-refractivity contribution in [3.05, 3.63) is 66.1 Å². The predicted octanol–water partition coefficient (Wildman–Crippen LogP) is 5.44. The summed E-state index contributed by atoms with van der Waals surface area (Å²) in [5.41, 5.74) is 4.44. The highest BCUT2D eigenvalue weighted by Gasteiger charge is 2.24. The smallest absolute Gasteiger partial charge is 0.226 e. The number of nitrogens with zero attached hydrogens (tertiary/aromatic N) is 2. The van der Waals surface area contributed by atoms with Gasteiger partial charge in [0.2, 0.25) is 5.89 Å². The highest BCUT2D eigenvalue weighted by molar-refractivity contribution is 5.67. The Morgan fingerprint density at radius 1 is 1.00 bits per heavy atom. The average Bonchev–Trinajstić information content (AvgIpc) is 3.14. The second-order valence-corrected chi connectivity index (χ2v) is 7.95. The van der Waals surface area contributed by atoms with E-state index in [2.05, 4.69) is 53.4 Å². The normalized spacial score (nSPS) is 17.5. The molecule has 4 rings (SSSR count). The molecular weight excluding hydrogens is 360 g/mol. The Labute approximate surface area is 173 Å². The van der Waals surface area contributed by atoms with Gasteiger partial charge in [-0.1, -0.05) is 48.9 Å². The molecule has 1 aliphatic rings. The third kappa shape index (κ3) is 4.77. The molecule has 0 amide bonds. The van der Waals surface area contributed by atoms with Gasteiger partial charge in [-0.3, -0.25) is 4.90 Å². The maximum absolute atomic E-state index is 9.19. The number of aryl methyl sites for hydroxylation is 1. The molecule has 1 aliphatic heterocycles. The summed E-state index contributed by atoms with van der Waals surface area (Å²) >= 11 is 0. The van der Waals surface area contributed by atoms with Crippen molar-refractivity contribution >= 4 is 0 Å². The fourth-order valence-electron chi connectivity index (χ4n) is 4.25. The van der Waals surface area contributed by atoms with Crippen molar-refractivity contribution in [3.8, 4) is 22.6 Å². The quantitative estimate of drug-likeness (QED) is 0.583. The molecule has 2 heterocycles. The topological polar surface area (TPSA) is 49.5 Å². The fourth-order valence-corrected chi connectivity index (χ4v) is 4.25. The molecule has 0 aliphatic carbocycles. The van der Waals surface area contributed by atoms with Gasteiger partial charge in [-0.15, -0.1) is 0 Å². The molecule has 2 aromatic carbocycles. The number of aliphatic hydroxyl groups is 1. The summed E-state index contributed by atoms with van der Waals surface area (Å²) < 4.78 is 6.03. The molecule has 1 atom stereocenters. The zero-order valence-electron chi connectivity index (χ0n) is 17.2. The Morgan fingerprint density at radius 2 is 1.72 bits per heavy atom. The molecule has 29 heavy (non-hydrogen) atoms. The standard InChI is InChI=1S/C25H30N2O2/c1-19-24(18-27-16-6-5-10-23(27)11-7-17-28)26-25(29-19)22-14-12-21(13-15-22)20-8-3-2-4-9-20/h2-4,8-9,12-15,23,28H,5-7,10-11,16-18H2,1H3/t23-/m0/s1. The van der Waals surface area contributed by atoms with Gasteiger partial charge in [-0.25, -0.2) is 4.98 Å². The van der Waals surface area contributed by atoms with Crippen LogP contribution in [0, 0.1) is 6.92 Å². The summed E-state index contributed by atoms with van der Waals surface area (Å²) in [7, 11) is 0. The van der Waals surface area contributed by atoms with Crippen molar-refractivity contribution < 1.29 is 9.52 Å². The van der Waals surface area contributed by atoms with Crippen LogP contribution < -0.4 is 0 Å². The van der Waals surface area contributed by atoms with Gasteiger partial charge in [-0.05, 0) is 62.4 Å². The minimum atomic E-state index is 0.274. The van der Waals surface area contributed by atoms with Gasteiger partial charge >= 0.3 is 0 Å². The highest BCUT2D eigenvalue weighted by Crippen LogP contribution is 2.28. The Kier molecular flexibility index (Phi) is 6.43.